The van der Waals surface area contributed by atoms with Gasteiger partial charge in [0.15, 0.2) is 6.19 Å². The Morgan fingerprint density at radius 2 is 1.60 bits per heavy atom. The first kappa shape index (κ1) is 33.0. The van der Waals surface area contributed by atoms with Crippen LogP contribution in [0.15, 0.2) is 50.2 Å². The van der Waals surface area contributed by atoms with E-state index in [4.69, 9.17) is 8.83 Å². The molecule has 13 nitrogen and oxygen atoms in total. The zero-order valence-corrected chi connectivity index (χ0v) is 27.1. The molecule has 2 aliphatic rings. The molecular formula is C34H39N7O6. The van der Waals surface area contributed by atoms with Crippen molar-refractivity contribution >= 4 is 51.1 Å². The molecule has 2 aromatic heterocycles. The van der Waals surface area contributed by atoms with Crippen molar-refractivity contribution < 1.29 is 23.3 Å². The number of fused-ring (bicyclic) bond motifs is 2. The number of aliphatic imine (C=N–C) groups is 1. The number of nitro groups is 1. The summed E-state index contributed by atoms with van der Waals surface area (Å²) < 4.78 is 11.1. The van der Waals surface area contributed by atoms with E-state index in [2.05, 4.69) is 15.6 Å². The molecule has 2 fully saturated rings. The molecule has 0 unspecified atom stereocenters. The third-order valence-electron chi connectivity index (χ3n) is 8.80. The van der Waals surface area contributed by atoms with E-state index in [-0.39, 0.29) is 30.0 Å². The summed E-state index contributed by atoms with van der Waals surface area (Å²) in [6, 6.07) is 9.62. The predicted octanol–water partition coefficient (Wildman–Crippen LogP) is 5.85. The van der Waals surface area contributed by atoms with Crippen molar-refractivity contribution in [2.75, 3.05) is 31.5 Å². The maximum Gasteiger partial charge on any atom is 0.270 e. The number of rotatable bonds is 5. The number of carbonyl (C=O) groups excluding carboxylic acids is 2. The average molecular weight is 642 g/mol. The molecule has 4 aromatic rings. The fourth-order valence-corrected chi connectivity index (χ4v) is 5.90. The van der Waals surface area contributed by atoms with E-state index in [0.29, 0.717) is 18.5 Å². The topological polar surface area (TPSA) is 170 Å². The Morgan fingerprint density at radius 3 is 2.23 bits per heavy atom. The molecule has 246 valence electrons. The van der Waals surface area contributed by atoms with Crippen LogP contribution in [-0.4, -0.2) is 64.7 Å². The lowest BCUT2D eigenvalue weighted by Crippen LogP contribution is -2.45. The monoisotopic (exact) mass is 641 g/mol. The number of amides is 2. The summed E-state index contributed by atoms with van der Waals surface area (Å²) in [5, 5.41) is 27.3. The standard InChI is InChI=1S/C24H30N6O3.C10H9NO3/c1-16-17(2)33-21-9-8-18(13-19(16)21)27-24(26-15-25)28-20-7-3-4-12-30(23(20)32)14-22(31)29-10-5-6-11-29;1-6-7(2)14-10-4-3-8(11(12)13)5-9(6)10/h8-9,13,20H,3-7,10-12,14H2,1-2H3,(H2,26,27,28);3-5H,1-2H3/t20-;/m0./s1. The van der Waals surface area contributed by atoms with Crippen molar-refractivity contribution in [1.29, 1.82) is 5.26 Å². The lowest BCUT2D eigenvalue weighted by Gasteiger charge is -2.25. The van der Waals surface area contributed by atoms with Crippen molar-refractivity contribution in [1.82, 2.24) is 15.1 Å². The SMILES string of the molecule is Cc1oc2ccc(NC(=N[C@H]3CCCCN(CC(=O)N4CCCC4)C3=O)NC#N)cc2c1C.Cc1oc2ccc([N+](=O)[O-])cc2c1C. The van der Waals surface area contributed by atoms with Crippen molar-refractivity contribution in [3.8, 4) is 6.19 Å². The number of anilines is 1. The van der Waals surface area contributed by atoms with Gasteiger partial charge in [-0.1, -0.05) is 0 Å². The number of guanidine groups is 1. The molecule has 0 spiro atoms. The van der Waals surface area contributed by atoms with Gasteiger partial charge in [-0.25, -0.2) is 4.99 Å². The number of benzene rings is 2. The van der Waals surface area contributed by atoms with Crippen LogP contribution in [0, 0.1) is 49.3 Å². The molecule has 2 N–H and O–H groups in total. The smallest absolute Gasteiger partial charge is 0.270 e. The van der Waals surface area contributed by atoms with E-state index < -0.39 is 11.0 Å². The molecule has 47 heavy (non-hydrogen) atoms. The van der Waals surface area contributed by atoms with E-state index >= 15 is 0 Å². The van der Waals surface area contributed by atoms with Crippen LogP contribution in [-0.2, 0) is 9.59 Å². The highest BCUT2D eigenvalue weighted by molar-refractivity contribution is 5.99. The lowest BCUT2D eigenvalue weighted by molar-refractivity contribution is -0.384. The van der Waals surface area contributed by atoms with E-state index in [0.717, 1.165) is 83.5 Å². The quantitative estimate of drug-likeness (QED) is 0.0677. The molecule has 4 heterocycles. The molecule has 2 amide bonds. The molecule has 2 saturated heterocycles. The second kappa shape index (κ2) is 14.4. The number of non-ortho nitro benzene ring substituents is 1. The Labute approximate surface area is 272 Å². The number of nitrogens with zero attached hydrogens (tertiary/aromatic N) is 5. The number of nitro benzene ring substituents is 1. The normalized spacial score (nSPS) is 16.9. The number of furan rings is 2. The Morgan fingerprint density at radius 1 is 0.979 bits per heavy atom. The van der Waals surface area contributed by atoms with Gasteiger partial charge in [0.05, 0.1) is 11.5 Å². The summed E-state index contributed by atoms with van der Waals surface area (Å²) in [4.78, 5) is 44.0. The van der Waals surface area contributed by atoms with E-state index in [9.17, 15) is 25.0 Å². The summed E-state index contributed by atoms with van der Waals surface area (Å²) >= 11 is 0. The van der Waals surface area contributed by atoms with Gasteiger partial charge < -0.3 is 24.0 Å². The zero-order valence-electron chi connectivity index (χ0n) is 27.1. The minimum absolute atomic E-state index is 0.00180. The number of likely N-dealkylation sites (tertiary alicyclic amines) is 2. The van der Waals surface area contributed by atoms with Crippen LogP contribution in [0.5, 0.6) is 0 Å². The van der Waals surface area contributed by atoms with Crippen molar-refractivity contribution in [2.24, 2.45) is 4.99 Å². The van der Waals surface area contributed by atoms with Gasteiger partial charge in [0.1, 0.15) is 28.7 Å². The number of aryl methyl sites for hydroxylation is 4. The Bertz CT molecular complexity index is 1880. The summed E-state index contributed by atoms with van der Waals surface area (Å²) in [6.45, 7) is 9.83. The maximum atomic E-state index is 13.2. The van der Waals surface area contributed by atoms with Gasteiger partial charge in [-0.3, -0.25) is 25.0 Å². The zero-order chi connectivity index (χ0) is 33.7. The second-order valence-corrected chi connectivity index (χ2v) is 11.9. The van der Waals surface area contributed by atoms with Gasteiger partial charge in [0.25, 0.3) is 5.69 Å². The fraction of sp³-hybridized carbons (Fsp3) is 0.412. The number of hydrogen-bond acceptors (Lipinski definition) is 8. The van der Waals surface area contributed by atoms with Gasteiger partial charge >= 0.3 is 0 Å². The van der Waals surface area contributed by atoms with Crippen LogP contribution < -0.4 is 10.6 Å². The summed E-state index contributed by atoms with van der Waals surface area (Å²) in [5.74, 6) is 1.70. The Balaban J connectivity index is 0.000000257. The van der Waals surface area contributed by atoms with Crippen LogP contribution in [0.3, 0.4) is 0 Å². The summed E-state index contributed by atoms with van der Waals surface area (Å²) in [6.07, 6.45) is 6.16. The molecule has 2 aromatic carbocycles. The van der Waals surface area contributed by atoms with Crippen molar-refractivity contribution in [3.63, 3.8) is 0 Å². The minimum atomic E-state index is -0.649. The number of hydrogen-bond donors (Lipinski definition) is 2. The molecular weight excluding hydrogens is 602 g/mol. The third kappa shape index (κ3) is 7.54. The van der Waals surface area contributed by atoms with E-state index in [1.807, 2.05) is 57.0 Å². The number of nitriles is 1. The Kier molecular flexibility index (Phi) is 10.1. The van der Waals surface area contributed by atoms with Crippen LogP contribution in [0.1, 0.15) is 54.8 Å². The molecule has 0 saturated carbocycles. The van der Waals surface area contributed by atoms with Crippen LogP contribution in [0.25, 0.3) is 21.9 Å². The second-order valence-electron chi connectivity index (χ2n) is 11.9. The molecule has 13 heteroatoms. The highest BCUT2D eigenvalue weighted by Gasteiger charge is 2.30. The van der Waals surface area contributed by atoms with Gasteiger partial charge in [-0.15, -0.1) is 0 Å². The molecule has 6 rings (SSSR count). The van der Waals surface area contributed by atoms with Crippen LogP contribution in [0.2, 0.25) is 0 Å². The number of carbonyl (C=O) groups is 2. The fourth-order valence-electron chi connectivity index (χ4n) is 5.90. The molecule has 2 aliphatic heterocycles. The van der Waals surface area contributed by atoms with Gasteiger partial charge in [0.2, 0.25) is 17.8 Å². The first-order valence-electron chi connectivity index (χ1n) is 15.8. The summed E-state index contributed by atoms with van der Waals surface area (Å²) in [5.41, 5.74) is 4.34. The molecule has 0 bridgehead atoms. The predicted molar refractivity (Wildman–Crippen MR) is 178 cm³/mol. The van der Waals surface area contributed by atoms with Gasteiger partial charge in [0, 0.05) is 48.2 Å². The summed E-state index contributed by atoms with van der Waals surface area (Å²) in [7, 11) is 0. The largest absolute Gasteiger partial charge is 0.461 e. The minimum Gasteiger partial charge on any atom is -0.461 e. The van der Waals surface area contributed by atoms with Crippen LogP contribution >= 0.6 is 0 Å². The first-order chi connectivity index (χ1) is 22.5. The molecule has 0 radical (unpaired) electrons. The number of nitrogens with one attached hydrogen (secondary N) is 2. The molecule has 1 atom stereocenters. The van der Waals surface area contributed by atoms with Gasteiger partial charge in [-0.2, -0.15) is 5.26 Å². The van der Waals surface area contributed by atoms with Crippen LogP contribution in [0.4, 0.5) is 11.4 Å². The van der Waals surface area contributed by atoms with Crippen molar-refractivity contribution in [2.45, 2.75) is 65.8 Å². The van der Waals surface area contributed by atoms with E-state index in [1.54, 1.807) is 17.0 Å². The Hall–Kier alpha value is -5.38. The third-order valence-corrected chi connectivity index (χ3v) is 8.80. The highest BCUT2D eigenvalue weighted by Crippen LogP contribution is 2.29. The van der Waals surface area contributed by atoms with E-state index in [1.165, 1.54) is 6.07 Å². The average Bonchev–Trinajstić information content (AvgIpc) is 3.73. The highest BCUT2D eigenvalue weighted by atomic mass is 16.6. The molecule has 0 aliphatic carbocycles. The van der Waals surface area contributed by atoms with Crippen molar-refractivity contribution in [3.05, 3.63) is 69.2 Å². The lowest BCUT2D eigenvalue weighted by atomic mass is 10.1. The maximum absolute atomic E-state index is 13.2. The first-order valence-corrected chi connectivity index (χ1v) is 15.8. The van der Waals surface area contributed by atoms with Gasteiger partial charge in [-0.05, 0) is 95.2 Å².